The molecule has 0 unspecified atom stereocenters. The maximum absolute atomic E-state index is 14.1. The molecule has 0 bridgehead atoms. The van der Waals surface area contributed by atoms with E-state index in [9.17, 15) is 41.0 Å². The van der Waals surface area contributed by atoms with Crippen LogP contribution in [0, 0.1) is 11.3 Å². The van der Waals surface area contributed by atoms with E-state index in [2.05, 4.69) is 37.6 Å². The van der Waals surface area contributed by atoms with Crippen molar-refractivity contribution in [2.45, 2.75) is 55.6 Å². The summed E-state index contributed by atoms with van der Waals surface area (Å²) in [4.78, 5) is 27.8. The van der Waals surface area contributed by atoms with Gasteiger partial charge in [0, 0.05) is 19.5 Å². The summed E-state index contributed by atoms with van der Waals surface area (Å²) in [6, 6.07) is 20.7. The van der Waals surface area contributed by atoms with Gasteiger partial charge in [-0.3, -0.25) is 14.3 Å². The second kappa shape index (κ2) is 16.5. The Morgan fingerprint density at radius 1 is 1.00 bits per heavy atom. The molecule has 55 heavy (non-hydrogen) atoms. The monoisotopic (exact) mass is 777 g/mol. The first-order valence-corrected chi connectivity index (χ1v) is 19.0. The number of hydrogen-bond acceptors (Lipinski definition) is 7. The van der Waals surface area contributed by atoms with Crippen LogP contribution < -0.4 is 10.9 Å². The van der Waals surface area contributed by atoms with Gasteiger partial charge in [0.15, 0.2) is 0 Å². The van der Waals surface area contributed by atoms with Crippen molar-refractivity contribution in [3.8, 4) is 28.8 Å². The highest BCUT2D eigenvalue weighted by atomic mass is 32.2. The zero-order valence-electron chi connectivity index (χ0n) is 30.9. The number of halogens is 3. The normalized spacial score (nSPS) is 13.8. The van der Waals surface area contributed by atoms with Crippen molar-refractivity contribution in [2.75, 3.05) is 27.7 Å². The number of hydrogen-bond donors (Lipinski definition) is 1. The minimum atomic E-state index is -4.62. The second-order valence-electron chi connectivity index (χ2n) is 14.3. The van der Waals surface area contributed by atoms with Gasteiger partial charge in [-0.05, 0) is 73.0 Å². The molecule has 3 aromatic carbocycles. The largest absolute Gasteiger partial charge is 0.744 e. The second-order valence-corrected chi connectivity index (χ2v) is 15.7. The number of benzene rings is 3. The lowest BCUT2D eigenvalue weighted by molar-refractivity contribution is -0.870. The van der Waals surface area contributed by atoms with Crippen molar-refractivity contribution in [3.05, 3.63) is 118 Å². The van der Waals surface area contributed by atoms with E-state index >= 15 is 0 Å². The van der Waals surface area contributed by atoms with Crippen molar-refractivity contribution >= 4 is 16.0 Å². The number of likely N-dealkylation sites (N-methyl/N-ethyl adjacent to an activating group) is 1. The van der Waals surface area contributed by atoms with Crippen molar-refractivity contribution < 1.29 is 35.4 Å². The number of nitrogens with zero attached hydrogens (tertiary/aromatic N) is 6. The molecule has 6 rings (SSSR count). The molecule has 0 aliphatic heterocycles. The fraction of sp³-hybridized carbons (Fsp3) is 0.333. The van der Waals surface area contributed by atoms with E-state index in [1.54, 1.807) is 48.3 Å². The highest BCUT2D eigenvalue weighted by Crippen LogP contribution is 2.32. The number of rotatable bonds is 9. The van der Waals surface area contributed by atoms with Gasteiger partial charge in [0.05, 0.1) is 73.0 Å². The van der Waals surface area contributed by atoms with Crippen LogP contribution in [-0.2, 0) is 29.8 Å². The number of alkyl halides is 3. The first kappa shape index (κ1) is 40.7. The lowest BCUT2D eigenvalue weighted by atomic mass is 9.95. The predicted octanol–water partition coefficient (Wildman–Crippen LogP) is 5.82. The summed E-state index contributed by atoms with van der Waals surface area (Å²) in [5.41, 5.74) is 0.774. The Balaban J connectivity index is 0.000000504. The quantitative estimate of drug-likeness (QED) is 0.146. The smallest absolute Gasteiger partial charge is 0.416 e. The third kappa shape index (κ3) is 9.79. The van der Waals surface area contributed by atoms with Gasteiger partial charge in [-0.1, -0.05) is 43.5 Å². The Labute approximate surface area is 317 Å². The molecule has 0 spiro atoms. The lowest BCUT2D eigenvalue weighted by Gasteiger charge is -2.24. The number of amides is 1. The third-order valence-electron chi connectivity index (χ3n) is 9.26. The van der Waals surface area contributed by atoms with Gasteiger partial charge in [0.2, 0.25) is 0 Å². The average Bonchev–Trinajstić information content (AvgIpc) is 3.72. The Morgan fingerprint density at radius 2 is 1.69 bits per heavy atom. The Hall–Kier alpha value is -5.50. The summed E-state index contributed by atoms with van der Waals surface area (Å²) in [5, 5.41) is 17.2. The van der Waals surface area contributed by atoms with Crippen LogP contribution in [0.3, 0.4) is 0 Å². The first-order valence-electron chi connectivity index (χ1n) is 17.6. The zero-order chi connectivity index (χ0) is 40.1. The molecular formula is C39H42F3N7O5S. The van der Waals surface area contributed by atoms with Crippen LogP contribution in [-0.4, -0.2) is 76.2 Å². The van der Waals surface area contributed by atoms with Crippen molar-refractivity contribution in [1.82, 2.24) is 24.5 Å². The van der Waals surface area contributed by atoms with E-state index in [4.69, 9.17) is 0 Å². The fourth-order valence-corrected chi connectivity index (χ4v) is 6.98. The van der Waals surface area contributed by atoms with Crippen molar-refractivity contribution in [1.29, 1.82) is 5.26 Å². The number of aromatic nitrogens is 4. The zero-order valence-corrected chi connectivity index (χ0v) is 31.7. The molecule has 1 saturated carbocycles. The predicted molar refractivity (Wildman–Crippen MR) is 199 cm³/mol. The van der Waals surface area contributed by atoms with Crippen LogP contribution in [0.15, 0.2) is 94.7 Å². The molecule has 5 aromatic rings. The molecule has 12 nitrogen and oxygen atoms in total. The molecule has 1 aliphatic carbocycles. The highest BCUT2D eigenvalue weighted by molar-refractivity contribution is 7.85. The summed E-state index contributed by atoms with van der Waals surface area (Å²) in [6.45, 7) is 0.762. The van der Waals surface area contributed by atoms with Crippen molar-refractivity contribution in [3.63, 3.8) is 0 Å². The minimum Gasteiger partial charge on any atom is -0.744 e. The molecule has 16 heteroatoms. The summed E-state index contributed by atoms with van der Waals surface area (Å²) in [7, 11) is 3.49. The molecule has 1 amide bonds. The number of carbonyl (C=O) groups is 1. The van der Waals surface area contributed by atoms with Gasteiger partial charge in [-0.2, -0.15) is 23.5 Å². The van der Waals surface area contributed by atoms with Gasteiger partial charge in [-0.15, -0.1) is 0 Å². The van der Waals surface area contributed by atoms with E-state index in [0.717, 1.165) is 61.0 Å². The van der Waals surface area contributed by atoms with Crippen LogP contribution in [0.5, 0.6) is 0 Å². The van der Waals surface area contributed by atoms with Crippen LogP contribution >= 0.6 is 0 Å². The maximum Gasteiger partial charge on any atom is 0.416 e. The average molecular weight is 778 g/mol. The van der Waals surface area contributed by atoms with Crippen LogP contribution in [0.1, 0.15) is 59.2 Å². The molecule has 0 radical (unpaired) electrons. The molecule has 2 heterocycles. The topological polar surface area (TPSA) is 155 Å². The Bertz CT molecular complexity index is 2360. The molecule has 2 aromatic heterocycles. The summed E-state index contributed by atoms with van der Waals surface area (Å²) in [5.74, 6) is -0.582. The Morgan fingerprint density at radius 3 is 2.29 bits per heavy atom. The molecular weight excluding hydrogens is 736 g/mol. The molecule has 1 fully saturated rings. The highest BCUT2D eigenvalue weighted by Gasteiger charge is 2.33. The summed E-state index contributed by atoms with van der Waals surface area (Å²) in [6.07, 6.45) is 2.11. The van der Waals surface area contributed by atoms with Gasteiger partial charge >= 0.3 is 6.18 Å². The molecule has 1 N–H and O–H groups in total. The van der Waals surface area contributed by atoms with Gasteiger partial charge in [0.1, 0.15) is 21.4 Å². The SMILES string of the molecule is Cn1c(-c2ccnn2-c2ccc(C#N)cc2CC[N+](C)(C)C)c(C(=O)NC2CCCCC2)c(=O)n1-c1cccc(C(F)(F)F)c1.O=S(=O)([O-])c1ccccc1. The lowest BCUT2D eigenvalue weighted by Crippen LogP contribution is -2.38. The van der Waals surface area contributed by atoms with E-state index in [0.29, 0.717) is 27.8 Å². The molecule has 1 aliphatic rings. The van der Waals surface area contributed by atoms with E-state index < -0.39 is 33.3 Å². The maximum atomic E-state index is 14.1. The van der Waals surface area contributed by atoms with E-state index in [1.807, 2.05) is 0 Å². The van der Waals surface area contributed by atoms with E-state index in [1.165, 1.54) is 41.1 Å². The van der Waals surface area contributed by atoms with Crippen LogP contribution in [0.4, 0.5) is 13.2 Å². The number of carbonyl (C=O) groups excluding carboxylic acids is 1. The summed E-state index contributed by atoms with van der Waals surface area (Å²) < 4.78 is 76.6. The molecule has 0 saturated heterocycles. The third-order valence-corrected chi connectivity index (χ3v) is 10.1. The van der Waals surface area contributed by atoms with E-state index in [-0.39, 0.29) is 27.9 Å². The molecule has 290 valence electrons. The minimum absolute atomic E-state index is 0.0247. The Kier molecular flexibility index (Phi) is 12.2. The van der Waals surface area contributed by atoms with Crippen molar-refractivity contribution in [2.24, 2.45) is 7.05 Å². The first-order chi connectivity index (χ1) is 25.9. The van der Waals surface area contributed by atoms with Gasteiger partial charge < -0.3 is 14.4 Å². The number of quaternary nitrogens is 1. The fourth-order valence-electron chi connectivity index (χ4n) is 6.49. The summed E-state index contributed by atoms with van der Waals surface area (Å²) >= 11 is 0. The number of nitriles is 1. The standard InChI is InChI=1S/C33H36F3N7O2.C6H6O3S/c1-40-30(28-15-17-38-41(28)27-14-13-22(21-37)19-23(27)16-18-43(2,3)4)29(31(44)39-25-10-6-5-7-11-25)32(45)42(40)26-12-8-9-24(20-26)33(34,35)36;7-10(8,9)6-4-2-1-3-5-6/h8-9,12-15,17,19-20,25H,5-7,10-11,16,18H2,1-4H3;1-5H,(H,7,8,9). The number of nitrogens with one attached hydrogen (secondary N) is 1. The molecule has 0 atom stereocenters. The van der Waals surface area contributed by atoms with Crippen LogP contribution in [0.25, 0.3) is 22.8 Å². The van der Waals surface area contributed by atoms with Gasteiger partial charge in [0.25, 0.3) is 11.5 Å². The van der Waals surface area contributed by atoms with Gasteiger partial charge in [-0.25, -0.2) is 17.8 Å². The van der Waals surface area contributed by atoms with Crippen LogP contribution in [0.2, 0.25) is 0 Å².